The van der Waals surface area contributed by atoms with Gasteiger partial charge in [-0.25, -0.2) is 4.98 Å². The molecule has 5 nitrogen and oxygen atoms in total. The highest BCUT2D eigenvalue weighted by atomic mass is 15.3. The van der Waals surface area contributed by atoms with Crippen molar-refractivity contribution in [2.24, 2.45) is 11.7 Å². The smallest absolute Gasteiger partial charge is 0.164 e. The topological polar surface area (TPSA) is 69.1 Å². The maximum atomic E-state index is 5.83. The first-order valence-corrected chi connectivity index (χ1v) is 5.94. The number of rotatable bonds is 3. The summed E-state index contributed by atoms with van der Waals surface area (Å²) in [7, 11) is 0. The Kier molecular flexibility index (Phi) is 3.11. The summed E-state index contributed by atoms with van der Waals surface area (Å²) in [6.07, 6.45) is 0. The summed E-state index contributed by atoms with van der Waals surface area (Å²) in [5.41, 5.74) is 7.65. The summed E-state index contributed by atoms with van der Waals surface area (Å²) in [6.45, 7) is 8.81. The molecule has 0 aliphatic carbocycles. The molecule has 1 atom stereocenters. The van der Waals surface area contributed by atoms with Crippen LogP contribution in [-0.4, -0.2) is 26.1 Å². The average Bonchev–Trinajstić information content (AvgIpc) is 2.62. The van der Waals surface area contributed by atoms with Gasteiger partial charge in [0, 0.05) is 24.2 Å². The van der Waals surface area contributed by atoms with Crippen molar-refractivity contribution >= 4 is 5.65 Å². The summed E-state index contributed by atoms with van der Waals surface area (Å²) in [6, 6.07) is 1.94. The minimum atomic E-state index is 0.216. The first-order chi connectivity index (χ1) is 8.04. The highest BCUT2D eigenvalue weighted by molar-refractivity contribution is 5.40. The summed E-state index contributed by atoms with van der Waals surface area (Å²) >= 11 is 0. The van der Waals surface area contributed by atoms with Crippen LogP contribution in [0.2, 0.25) is 0 Å². The number of nitrogens with two attached hydrogens (primary N) is 1. The zero-order valence-corrected chi connectivity index (χ0v) is 10.8. The van der Waals surface area contributed by atoms with E-state index < -0.39 is 0 Å². The van der Waals surface area contributed by atoms with Crippen molar-refractivity contribution in [3.05, 3.63) is 23.4 Å². The Bertz CT molecular complexity index is 529. The lowest BCUT2D eigenvalue weighted by atomic mass is 9.95. The van der Waals surface area contributed by atoms with E-state index in [2.05, 4.69) is 29.0 Å². The van der Waals surface area contributed by atoms with Crippen LogP contribution in [-0.2, 0) is 0 Å². The number of fused-ring (bicyclic) bond motifs is 1. The van der Waals surface area contributed by atoms with E-state index in [0.29, 0.717) is 12.5 Å². The van der Waals surface area contributed by atoms with E-state index in [0.717, 1.165) is 23.0 Å². The van der Waals surface area contributed by atoms with Gasteiger partial charge in [0.1, 0.15) is 11.6 Å². The summed E-state index contributed by atoms with van der Waals surface area (Å²) in [4.78, 5) is 4.45. The van der Waals surface area contributed by atoms with Crippen molar-refractivity contribution in [2.75, 3.05) is 6.54 Å². The third-order valence-corrected chi connectivity index (χ3v) is 3.10. The van der Waals surface area contributed by atoms with Crippen molar-refractivity contribution in [3.63, 3.8) is 0 Å². The maximum absolute atomic E-state index is 5.83. The first-order valence-electron chi connectivity index (χ1n) is 5.94. The fourth-order valence-electron chi connectivity index (χ4n) is 2.17. The van der Waals surface area contributed by atoms with Gasteiger partial charge in [0.25, 0.3) is 0 Å². The molecule has 0 amide bonds. The lowest BCUT2D eigenvalue weighted by Crippen LogP contribution is -2.21. The van der Waals surface area contributed by atoms with Gasteiger partial charge in [-0.15, -0.1) is 10.2 Å². The molecule has 2 aromatic rings. The molecule has 0 fully saturated rings. The van der Waals surface area contributed by atoms with E-state index in [-0.39, 0.29) is 5.92 Å². The molecular formula is C12H19N5. The minimum Gasteiger partial charge on any atom is -0.330 e. The van der Waals surface area contributed by atoms with Gasteiger partial charge in [-0.3, -0.25) is 4.40 Å². The van der Waals surface area contributed by atoms with Crippen LogP contribution < -0.4 is 5.73 Å². The SMILES string of the molecule is Cc1cc2nnc(C(CN)C(C)C)n2c(C)n1. The Hall–Kier alpha value is -1.49. The van der Waals surface area contributed by atoms with Crippen LogP contribution in [0.25, 0.3) is 5.65 Å². The molecule has 0 bridgehead atoms. The second-order valence-corrected chi connectivity index (χ2v) is 4.78. The van der Waals surface area contributed by atoms with E-state index in [9.17, 15) is 0 Å². The van der Waals surface area contributed by atoms with Crippen LogP contribution in [0.3, 0.4) is 0 Å². The van der Waals surface area contributed by atoms with Gasteiger partial charge in [-0.2, -0.15) is 0 Å². The molecule has 1 unspecified atom stereocenters. The molecule has 0 aliphatic rings. The van der Waals surface area contributed by atoms with Crippen molar-refractivity contribution in [2.45, 2.75) is 33.6 Å². The Labute approximate surface area is 101 Å². The van der Waals surface area contributed by atoms with E-state index in [1.165, 1.54) is 0 Å². The Balaban J connectivity index is 2.63. The molecule has 2 N–H and O–H groups in total. The first kappa shape index (κ1) is 12.0. The second kappa shape index (κ2) is 4.41. The molecule has 0 aromatic carbocycles. The van der Waals surface area contributed by atoms with Crippen LogP contribution in [0.1, 0.15) is 37.1 Å². The van der Waals surface area contributed by atoms with Gasteiger partial charge >= 0.3 is 0 Å². The van der Waals surface area contributed by atoms with Crippen molar-refractivity contribution in [1.82, 2.24) is 19.6 Å². The molecule has 0 spiro atoms. The molecule has 17 heavy (non-hydrogen) atoms. The predicted molar refractivity (Wildman–Crippen MR) is 66.9 cm³/mol. The number of aromatic nitrogens is 4. The highest BCUT2D eigenvalue weighted by Crippen LogP contribution is 2.23. The monoisotopic (exact) mass is 233 g/mol. The lowest BCUT2D eigenvalue weighted by Gasteiger charge is -2.17. The van der Waals surface area contributed by atoms with Crippen LogP contribution in [0.15, 0.2) is 6.07 Å². The van der Waals surface area contributed by atoms with Crippen molar-refractivity contribution in [3.8, 4) is 0 Å². The van der Waals surface area contributed by atoms with Crippen LogP contribution in [0.4, 0.5) is 0 Å². The largest absolute Gasteiger partial charge is 0.330 e. The van der Waals surface area contributed by atoms with E-state index in [1.54, 1.807) is 0 Å². The Morgan fingerprint density at radius 2 is 2.00 bits per heavy atom. The Morgan fingerprint density at radius 1 is 1.29 bits per heavy atom. The third kappa shape index (κ3) is 2.02. The van der Waals surface area contributed by atoms with Crippen molar-refractivity contribution in [1.29, 1.82) is 0 Å². The highest BCUT2D eigenvalue weighted by Gasteiger charge is 2.21. The number of nitrogens with zero attached hydrogens (tertiary/aromatic N) is 4. The number of aryl methyl sites for hydroxylation is 2. The molecular weight excluding hydrogens is 214 g/mol. The Morgan fingerprint density at radius 3 is 2.59 bits per heavy atom. The fraction of sp³-hybridized carbons (Fsp3) is 0.583. The standard InChI is InChI=1S/C12H19N5/c1-7(2)10(6-13)12-16-15-11-5-8(3)14-9(4)17(11)12/h5,7,10H,6,13H2,1-4H3. The van der Waals surface area contributed by atoms with Gasteiger partial charge in [0.05, 0.1) is 0 Å². The molecule has 0 saturated heterocycles. The van der Waals surface area contributed by atoms with Gasteiger partial charge in [-0.05, 0) is 19.8 Å². The predicted octanol–water partition coefficient (Wildman–Crippen LogP) is 1.44. The molecule has 0 aliphatic heterocycles. The van der Waals surface area contributed by atoms with Crippen LogP contribution in [0.5, 0.6) is 0 Å². The van der Waals surface area contributed by atoms with E-state index >= 15 is 0 Å². The molecule has 2 rings (SSSR count). The number of hydrogen-bond acceptors (Lipinski definition) is 4. The average molecular weight is 233 g/mol. The van der Waals surface area contributed by atoms with Crippen LogP contribution in [0, 0.1) is 19.8 Å². The number of hydrogen-bond donors (Lipinski definition) is 1. The molecule has 92 valence electrons. The quantitative estimate of drug-likeness (QED) is 0.871. The molecule has 2 aromatic heterocycles. The summed E-state index contributed by atoms with van der Waals surface area (Å²) in [5.74, 6) is 2.49. The van der Waals surface area contributed by atoms with Gasteiger partial charge in [-0.1, -0.05) is 13.8 Å². The van der Waals surface area contributed by atoms with E-state index in [1.807, 2.05) is 24.3 Å². The lowest BCUT2D eigenvalue weighted by molar-refractivity contribution is 0.478. The fourth-order valence-corrected chi connectivity index (χ4v) is 2.17. The van der Waals surface area contributed by atoms with Crippen LogP contribution >= 0.6 is 0 Å². The zero-order chi connectivity index (χ0) is 12.6. The zero-order valence-electron chi connectivity index (χ0n) is 10.8. The second-order valence-electron chi connectivity index (χ2n) is 4.78. The molecule has 0 radical (unpaired) electrons. The maximum Gasteiger partial charge on any atom is 0.164 e. The minimum absolute atomic E-state index is 0.216. The van der Waals surface area contributed by atoms with Gasteiger partial charge in [0.15, 0.2) is 5.65 Å². The summed E-state index contributed by atoms with van der Waals surface area (Å²) in [5, 5.41) is 8.49. The molecule has 5 heteroatoms. The van der Waals surface area contributed by atoms with Gasteiger partial charge < -0.3 is 5.73 Å². The normalized spacial score (nSPS) is 13.5. The molecule has 0 saturated carbocycles. The van der Waals surface area contributed by atoms with Gasteiger partial charge in [0.2, 0.25) is 0 Å². The van der Waals surface area contributed by atoms with Crippen molar-refractivity contribution < 1.29 is 0 Å². The summed E-state index contributed by atoms with van der Waals surface area (Å²) < 4.78 is 2.00. The van der Waals surface area contributed by atoms with E-state index in [4.69, 9.17) is 5.73 Å². The molecule has 2 heterocycles. The third-order valence-electron chi connectivity index (χ3n) is 3.10.